The fourth-order valence-electron chi connectivity index (χ4n) is 2.94. The highest BCUT2D eigenvalue weighted by Gasteiger charge is 2.08. The van der Waals surface area contributed by atoms with Gasteiger partial charge < -0.3 is 9.14 Å². The quantitative estimate of drug-likeness (QED) is 0.501. The fourth-order valence-corrected chi connectivity index (χ4v) is 2.94. The van der Waals surface area contributed by atoms with Crippen molar-refractivity contribution in [2.45, 2.75) is 0 Å². The highest BCUT2D eigenvalue weighted by atomic mass is 16.5. The molecule has 4 aromatic rings. The van der Waals surface area contributed by atoms with Crippen LogP contribution in [0, 0.1) is 0 Å². The lowest BCUT2D eigenvalue weighted by Gasteiger charge is -2.10. The molecule has 0 saturated heterocycles. The van der Waals surface area contributed by atoms with Crippen molar-refractivity contribution in [3.63, 3.8) is 0 Å². The van der Waals surface area contributed by atoms with Gasteiger partial charge in [0.1, 0.15) is 5.75 Å². The van der Waals surface area contributed by atoms with E-state index in [1.807, 2.05) is 18.2 Å². The largest absolute Gasteiger partial charge is 0.497 e. The second-order valence-electron chi connectivity index (χ2n) is 5.54. The van der Waals surface area contributed by atoms with E-state index in [1.54, 1.807) is 7.11 Å². The number of nitrogens with zero attached hydrogens (tertiary/aromatic N) is 1. The van der Waals surface area contributed by atoms with Gasteiger partial charge in [0.2, 0.25) is 0 Å². The average molecular weight is 299 g/mol. The molecule has 4 rings (SSSR count). The van der Waals surface area contributed by atoms with E-state index in [9.17, 15) is 0 Å². The Morgan fingerprint density at radius 1 is 0.739 bits per heavy atom. The third-order valence-corrected chi connectivity index (χ3v) is 4.14. The van der Waals surface area contributed by atoms with E-state index in [0.29, 0.717) is 0 Å². The van der Waals surface area contributed by atoms with Gasteiger partial charge in [-0.15, -0.1) is 0 Å². The first kappa shape index (κ1) is 13.6. The van der Waals surface area contributed by atoms with Gasteiger partial charge in [0, 0.05) is 18.0 Å². The van der Waals surface area contributed by atoms with Gasteiger partial charge in [-0.3, -0.25) is 0 Å². The number of fused-ring (bicyclic) bond motifs is 1. The number of hydrogen-bond donors (Lipinski definition) is 0. The number of rotatable bonds is 3. The molecule has 0 N–H and O–H groups in total. The van der Waals surface area contributed by atoms with Gasteiger partial charge in [-0.25, -0.2) is 0 Å². The Bertz CT molecular complexity index is 937. The molecule has 0 fully saturated rings. The zero-order chi connectivity index (χ0) is 15.6. The first-order valence-electron chi connectivity index (χ1n) is 7.66. The van der Waals surface area contributed by atoms with Crippen LogP contribution >= 0.6 is 0 Å². The summed E-state index contributed by atoms with van der Waals surface area (Å²) in [5, 5.41) is 0. The predicted octanol–water partition coefficient (Wildman–Crippen LogP) is 5.28. The lowest BCUT2D eigenvalue weighted by molar-refractivity contribution is 0.415. The maximum Gasteiger partial charge on any atom is 0.118 e. The molecule has 2 heterocycles. The van der Waals surface area contributed by atoms with E-state index in [4.69, 9.17) is 4.74 Å². The van der Waals surface area contributed by atoms with E-state index < -0.39 is 0 Å². The minimum Gasteiger partial charge on any atom is -0.497 e. The monoisotopic (exact) mass is 299 g/mol. The fraction of sp³-hybridized carbons (Fsp3) is 0.0476. The maximum absolute atomic E-state index is 5.27. The molecule has 2 heteroatoms. The third-order valence-electron chi connectivity index (χ3n) is 4.14. The molecular weight excluding hydrogens is 282 g/mol. The summed E-state index contributed by atoms with van der Waals surface area (Å²) in [6.07, 6.45) is 4.27. The molecule has 0 saturated carbocycles. The Balaban J connectivity index is 1.92. The molecule has 0 spiro atoms. The van der Waals surface area contributed by atoms with Gasteiger partial charge in [0.25, 0.3) is 0 Å². The lowest BCUT2D eigenvalue weighted by Crippen LogP contribution is -1.90. The molecule has 2 aromatic heterocycles. The van der Waals surface area contributed by atoms with Crippen LogP contribution in [0.25, 0.3) is 27.8 Å². The number of ether oxygens (including phenoxy) is 1. The van der Waals surface area contributed by atoms with Crippen LogP contribution in [0.3, 0.4) is 0 Å². The van der Waals surface area contributed by atoms with Gasteiger partial charge in [-0.05, 0) is 47.0 Å². The van der Waals surface area contributed by atoms with Crippen molar-refractivity contribution in [1.82, 2.24) is 4.40 Å². The molecule has 0 aliphatic heterocycles. The molecule has 0 atom stereocenters. The van der Waals surface area contributed by atoms with Crippen molar-refractivity contribution >= 4 is 5.52 Å². The van der Waals surface area contributed by atoms with Crippen LogP contribution in [0.2, 0.25) is 0 Å². The molecule has 112 valence electrons. The Kier molecular flexibility index (Phi) is 3.35. The topological polar surface area (TPSA) is 13.6 Å². The molecule has 0 unspecified atom stereocenters. The molecule has 2 nitrogen and oxygen atoms in total. The van der Waals surface area contributed by atoms with Crippen LogP contribution in [0.5, 0.6) is 5.75 Å². The van der Waals surface area contributed by atoms with Crippen LogP contribution in [-0.2, 0) is 0 Å². The molecule has 0 aliphatic carbocycles. The van der Waals surface area contributed by atoms with Crippen LogP contribution in [0.1, 0.15) is 0 Å². The summed E-state index contributed by atoms with van der Waals surface area (Å²) in [4.78, 5) is 0. The van der Waals surface area contributed by atoms with Gasteiger partial charge in [0.15, 0.2) is 0 Å². The normalized spacial score (nSPS) is 10.8. The molecule has 0 radical (unpaired) electrons. The lowest BCUT2D eigenvalue weighted by atomic mass is 10.00. The Morgan fingerprint density at radius 2 is 1.52 bits per heavy atom. The van der Waals surface area contributed by atoms with Crippen molar-refractivity contribution in [2.75, 3.05) is 7.11 Å². The van der Waals surface area contributed by atoms with E-state index in [-0.39, 0.29) is 0 Å². The van der Waals surface area contributed by atoms with E-state index in [0.717, 1.165) is 5.75 Å². The highest BCUT2D eigenvalue weighted by molar-refractivity contribution is 5.84. The summed E-state index contributed by atoms with van der Waals surface area (Å²) in [7, 11) is 1.69. The minimum atomic E-state index is 0.874. The van der Waals surface area contributed by atoms with E-state index in [2.05, 4.69) is 71.4 Å². The zero-order valence-corrected chi connectivity index (χ0v) is 12.9. The second kappa shape index (κ2) is 5.65. The minimum absolute atomic E-state index is 0.874. The number of pyridine rings is 1. The number of hydrogen-bond acceptors (Lipinski definition) is 1. The van der Waals surface area contributed by atoms with Crippen molar-refractivity contribution < 1.29 is 4.74 Å². The molecule has 23 heavy (non-hydrogen) atoms. The number of benzene rings is 2. The standard InChI is InChI=1S/C21H17NO/c1-23-19-11-9-17(10-12-19)20-14-18(16-6-3-2-4-7-16)15-22-13-5-8-21(20)22/h2-15H,1H3. The van der Waals surface area contributed by atoms with Gasteiger partial charge in [-0.2, -0.15) is 0 Å². The van der Waals surface area contributed by atoms with Crippen molar-refractivity contribution in [3.05, 3.63) is 85.2 Å². The Morgan fingerprint density at radius 3 is 2.26 bits per heavy atom. The summed E-state index contributed by atoms with van der Waals surface area (Å²) < 4.78 is 7.45. The summed E-state index contributed by atoms with van der Waals surface area (Å²) in [5.74, 6) is 0.874. The summed E-state index contributed by atoms with van der Waals surface area (Å²) >= 11 is 0. The van der Waals surface area contributed by atoms with Gasteiger partial charge in [0.05, 0.1) is 12.6 Å². The molecule has 0 bridgehead atoms. The zero-order valence-electron chi connectivity index (χ0n) is 12.9. The maximum atomic E-state index is 5.27. The second-order valence-corrected chi connectivity index (χ2v) is 5.54. The van der Waals surface area contributed by atoms with E-state index >= 15 is 0 Å². The highest BCUT2D eigenvalue weighted by Crippen LogP contribution is 2.31. The number of aromatic nitrogens is 1. The van der Waals surface area contributed by atoms with Crippen molar-refractivity contribution in [2.24, 2.45) is 0 Å². The smallest absolute Gasteiger partial charge is 0.118 e. The Labute approximate surface area is 135 Å². The van der Waals surface area contributed by atoms with Gasteiger partial charge in [-0.1, -0.05) is 42.5 Å². The van der Waals surface area contributed by atoms with Crippen LogP contribution in [0.4, 0.5) is 0 Å². The van der Waals surface area contributed by atoms with Crippen molar-refractivity contribution in [3.8, 4) is 28.0 Å². The summed E-state index contributed by atoms with van der Waals surface area (Å²) in [6, 6.07) is 25.2. The van der Waals surface area contributed by atoms with E-state index in [1.165, 1.54) is 27.8 Å². The van der Waals surface area contributed by atoms with Crippen molar-refractivity contribution in [1.29, 1.82) is 0 Å². The SMILES string of the molecule is COc1ccc(-c2cc(-c3ccccc3)cn3cccc23)cc1. The third kappa shape index (κ3) is 2.49. The molecular formula is C21H17NO. The summed E-state index contributed by atoms with van der Waals surface area (Å²) in [6.45, 7) is 0. The molecule has 0 amide bonds. The first-order valence-corrected chi connectivity index (χ1v) is 7.66. The first-order chi connectivity index (χ1) is 11.3. The number of methoxy groups -OCH3 is 1. The predicted molar refractivity (Wildman–Crippen MR) is 94.8 cm³/mol. The average Bonchev–Trinajstić information content (AvgIpc) is 3.10. The van der Waals surface area contributed by atoms with Crippen LogP contribution in [-0.4, -0.2) is 11.5 Å². The molecule has 0 aliphatic rings. The Hall–Kier alpha value is -3.00. The summed E-state index contributed by atoms with van der Waals surface area (Å²) in [5.41, 5.74) is 6.04. The molecule has 2 aromatic carbocycles. The van der Waals surface area contributed by atoms with Crippen LogP contribution < -0.4 is 4.74 Å². The van der Waals surface area contributed by atoms with Gasteiger partial charge >= 0.3 is 0 Å². The van der Waals surface area contributed by atoms with Crippen LogP contribution in [0.15, 0.2) is 85.2 Å².